The van der Waals surface area contributed by atoms with Crippen LogP contribution in [-0.2, 0) is 19.0 Å². The number of thiophene rings is 1. The highest BCUT2D eigenvalue weighted by atomic mass is 32.1. The standard InChI is InChI=1S/C22H20F3NO2S/c1-3-15-12-17(13(2)26-21(15)28)19-10-11-20(29-19)18(27)9-6-14-4-7-16(8-5-14)22(23,24)25/h4-5,7-8,10-12H,3,6,9H2,1-2H3,(H,26,28). The summed E-state index contributed by atoms with van der Waals surface area (Å²) in [7, 11) is 0. The molecule has 0 aliphatic rings. The van der Waals surface area contributed by atoms with Gasteiger partial charge in [0, 0.05) is 28.1 Å². The number of carbonyl (C=O) groups excluding carboxylic acids is 1. The van der Waals surface area contributed by atoms with Gasteiger partial charge in [-0.25, -0.2) is 0 Å². The summed E-state index contributed by atoms with van der Waals surface area (Å²) in [6.07, 6.45) is -3.15. The number of aromatic nitrogens is 1. The Balaban J connectivity index is 1.71. The van der Waals surface area contributed by atoms with Crippen molar-refractivity contribution in [1.82, 2.24) is 4.98 Å². The number of benzene rings is 1. The van der Waals surface area contributed by atoms with Gasteiger partial charge in [-0.3, -0.25) is 9.59 Å². The summed E-state index contributed by atoms with van der Waals surface area (Å²) in [5.41, 5.74) is 2.23. The van der Waals surface area contributed by atoms with E-state index in [2.05, 4.69) is 4.98 Å². The van der Waals surface area contributed by atoms with Gasteiger partial charge in [0.1, 0.15) is 0 Å². The summed E-state index contributed by atoms with van der Waals surface area (Å²) in [4.78, 5) is 28.7. The van der Waals surface area contributed by atoms with Crippen molar-refractivity contribution in [3.63, 3.8) is 0 Å². The Labute approximate surface area is 170 Å². The van der Waals surface area contributed by atoms with Gasteiger partial charge >= 0.3 is 6.18 Å². The third-order valence-corrected chi connectivity index (χ3v) is 5.92. The summed E-state index contributed by atoms with van der Waals surface area (Å²) in [6, 6.07) is 10.4. The number of Topliss-reactive ketones (excluding diaryl/α,β-unsaturated/α-hetero) is 1. The zero-order valence-corrected chi connectivity index (χ0v) is 16.8. The molecule has 0 atom stereocenters. The predicted molar refractivity (Wildman–Crippen MR) is 109 cm³/mol. The van der Waals surface area contributed by atoms with Gasteiger partial charge in [-0.05, 0) is 55.7 Å². The van der Waals surface area contributed by atoms with Crippen molar-refractivity contribution in [2.24, 2.45) is 0 Å². The third-order valence-electron chi connectivity index (χ3n) is 4.76. The normalized spacial score (nSPS) is 11.6. The Morgan fingerprint density at radius 1 is 1.10 bits per heavy atom. The molecule has 0 fully saturated rings. The first-order valence-corrected chi connectivity index (χ1v) is 10.0. The second kappa shape index (κ2) is 8.37. The van der Waals surface area contributed by atoms with Crippen molar-refractivity contribution in [2.75, 3.05) is 0 Å². The average molecular weight is 419 g/mol. The number of alkyl halides is 3. The minimum atomic E-state index is -4.36. The number of ketones is 1. The van der Waals surface area contributed by atoms with Crippen LogP contribution < -0.4 is 5.56 Å². The van der Waals surface area contributed by atoms with Crippen LogP contribution in [0.2, 0.25) is 0 Å². The van der Waals surface area contributed by atoms with Gasteiger partial charge in [0.05, 0.1) is 10.4 Å². The number of carbonyl (C=O) groups is 1. The molecule has 1 aromatic carbocycles. The van der Waals surface area contributed by atoms with E-state index in [4.69, 9.17) is 0 Å². The van der Waals surface area contributed by atoms with E-state index in [1.165, 1.54) is 23.5 Å². The molecule has 0 bridgehead atoms. The zero-order chi connectivity index (χ0) is 21.2. The number of pyridine rings is 1. The Kier molecular flexibility index (Phi) is 6.07. The number of hydrogen-bond acceptors (Lipinski definition) is 3. The zero-order valence-electron chi connectivity index (χ0n) is 16.0. The molecular weight excluding hydrogens is 399 g/mol. The van der Waals surface area contributed by atoms with E-state index in [1.807, 2.05) is 26.0 Å². The highest BCUT2D eigenvalue weighted by molar-refractivity contribution is 7.17. The van der Waals surface area contributed by atoms with E-state index in [-0.39, 0.29) is 17.8 Å². The molecule has 3 nitrogen and oxygen atoms in total. The second-order valence-corrected chi connectivity index (χ2v) is 7.88. The number of H-pyrrole nitrogens is 1. The van der Waals surface area contributed by atoms with Crippen molar-refractivity contribution in [3.8, 4) is 10.4 Å². The SMILES string of the molecule is CCc1cc(-c2ccc(C(=O)CCc3ccc(C(F)(F)F)cc3)s2)c(C)[nH]c1=O. The lowest BCUT2D eigenvalue weighted by atomic mass is 10.0. The molecule has 0 aliphatic heterocycles. The Morgan fingerprint density at radius 2 is 1.79 bits per heavy atom. The minimum Gasteiger partial charge on any atom is -0.326 e. The molecular formula is C22H20F3NO2S. The van der Waals surface area contributed by atoms with Gasteiger partial charge in [-0.1, -0.05) is 19.1 Å². The maximum atomic E-state index is 12.6. The maximum Gasteiger partial charge on any atom is 0.416 e. The molecule has 2 heterocycles. The van der Waals surface area contributed by atoms with E-state index in [1.54, 1.807) is 6.07 Å². The summed E-state index contributed by atoms with van der Waals surface area (Å²) >= 11 is 1.35. The molecule has 29 heavy (non-hydrogen) atoms. The smallest absolute Gasteiger partial charge is 0.326 e. The van der Waals surface area contributed by atoms with E-state index in [0.717, 1.165) is 28.3 Å². The Hall–Kier alpha value is -2.67. The topological polar surface area (TPSA) is 49.9 Å². The molecule has 0 saturated carbocycles. The fourth-order valence-electron chi connectivity index (χ4n) is 3.06. The number of nitrogens with one attached hydrogen (secondary N) is 1. The summed E-state index contributed by atoms with van der Waals surface area (Å²) in [5.74, 6) is -0.0565. The summed E-state index contributed by atoms with van der Waals surface area (Å²) in [5, 5.41) is 0. The van der Waals surface area contributed by atoms with Crippen LogP contribution in [0.15, 0.2) is 47.3 Å². The molecule has 7 heteroatoms. The van der Waals surface area contributed by atoms with E-state index < -0.39 is 11.7 Å². The minimum absolute atomic E-state index is 0.0565. The molecule has 2 aromatic heterocycles. The average Bonchev–Trinajstić information content (AvgIpc) is 3.16. The van der Waals surface area contributed by atoms with Gasteiger partial charge in [0.15, 0.2) is 5.78 Å². The number of aromatic amines is 1. The fraction of sp³-hybridized carbons (Fsp3) is 0.273. The lowest BCUT2D eigenvalue weighted by molar-refractivity contribution is -0.137. The first-order valence-electron chi connectivity index (χ1n) is 9.21. The first kappa shape index (κ1) is 21.0. The Morgan fingerprint density at radius 3 is 2.41 bits per heavy atom. The number of halogens is 3. The van der Waals surface area contributed by atoms with Crippen molar-refractivity contribution >= 4 is 17.1 Å². The highest BCUT2D eigenvalue weighted by Crippen LogP contribution is 2.31. The monoisotopic (exact) mass is 419 g/mol. The van der Waals surface area contributed by atoms with Gasteiger partial charge < -0.3 is 4.98 Å². The molecule has 0 saturated heterocycles. The third kappa shape index (κ3) is 4.85. The van der Waals surface area contributed by atoms with Crippen molar-refractivity contribution in [1.29, 1.82) is 0 Å². The molecule has 1 N–H and O–H groups in total. The number of rotatable bonds is 6. The summed E-state index contributed by atoms with van der Waals surface area (Å²) in [6.45, 7) is 3.73. The van der Waals surface area contributed by atoms with E-state index in [9.17, 15) is 22.8 Å². The quantitative estimate of drug-likeness (QED) is 0.513. The van der Waals surface area contributed by atoms with Crippen molar-refractivity contribution in [3.05, 3.63) is 80.1 Å². The number of aryl methyl sites for hydroxylation is 3. The largest absolute Gasteiger partial charge is 0.416 e. The van der Waals surface area contributed by atoms with Gasteiger partial charge in [0.2, 0.25) is 0 Å². The molecule has 0 spiro atoms. The molecule has 3 aromatic rings. The fourth-order valence-corrected chi connectivity index (χ4v) is 4.11. The van der Waals surface area contributed by atoms with Gasteiger partial charge in [0.25, 0.3) is 5.56 Å². The molecule has 152 valence electrons. The van der Waals surface area contributed by atoms with Crippen LogP contribution in [0.5, 0.6) is 0 Å². The molecule has 0 radical (unpaired) electrons. The van der Waals surface area contributed by atoms with Gasteiger partial charge in [-0.15, -0.1) is 11.3 Å². The molecule has 0 unspecified atom stereocenters. The maximum absolute atomic E-state index is 12.6. The van der Waals surface area contributed by atoms with Crippen LogP contribution in [0.1, 0.15) is 45.4 Å². The molecule has 3 rings (SSSR count). The van der Waals surface area contributed by atoms with Crippen molar-refractivity contribution < 1.29 is 18.0 Å². The highest BCUT2D eigenvalue weighted by Gasteiger charge is 2.29. The summed E-state index contributed by atoms with van der Waals surface area (Å²) < 4.78 is 37.9. The van der Waals surface area contributed by atoms with Gasteiger partial charge in [-0.2, -0.15) is 13.2 Å². The van der Waals surface area contributed by atoms with Crippen LogP contribution in [0.4, 0.5) is 13.2 Å². The van der Waals surface area contributed by atoms with Crippen molar-refractivity contribution in [2.45, 2.75) is 39.3 Å². The van der Waals surface area contributed by atoms with Crippen LogP contribution in [0.25, 0.3) is 10.4 Å². The second-order valence-electron chi connectivity index (χ2n) is 6.80. The molecule has 0 amide bonds. The van der Waals surface area contributed by atoms with Crippen LogP contribution in [-0.4, -0.2) is 10.8 Å². The van der Waals surface area contributed by atoms with E-state index >= 15 is 0 Å². The van der Waals surface area contributed by atoms with Crippen LogP contribution in [0.3, 0.4) is 0 Å². The first-order chi connectivity index (χ1) is 13.7. The van der Waals surface area contributed by atoms with E-state index in [0.29, 0.717) is 28.8 Å². The lowest BCUT2D eigenvalue weighted by Gasteiger charge is -2.07. The predicted octanol–water partition coefficient (Wildman–Crippen LogP) is 5.81. The van der Waals surface area contributed by atoms with Crippen LogP contribution >= 0.6 is 11.3 Å². The Bertz CT molecular complexity index is 1080. The number of hydrogen-bond donors (Lipinski definition) is 1. The molecule has 0 aliphatic carbocycles. The van der Waals surface area contributed by atoms with Crippen LogP contribution in [0, 0.1) is 6.92 Å². The lowest BCUT2D eigenvalue weighted by Crippen LogP contribution is -2.13.